The topological polar surface area (TPSA) is 47.3 Å². The molecular formula is C22H28N2O2. The van der Waals surface area contributed by atoms with Gasteiger partial charge in [0.25, 0.3) is 0 Å². The van der Waals surface area contributed by atoms with Crippen LogP contribution in [0.2, 0.25) is 0 Å². The minimum atomic E-state index is 0.182. The van der Waals surface area contributed by atoms with Crippen molar-refractivity contribution in [3.8, 4) is 5.75 Å². The normalized spacial score (nSPS) is 11.2. The average Bonchev–Trinajstić information content (AvgIpc) is 2.97. The Balaban J connectivity index is 1.78. The Morgan fingerprint density at radius 1 is 1.08 bits per heavy atom. The summed E-state index contributed by atoms with van der Waals surface area (Å²) in [5.41, 5.74) is 6.00. The van der Waals surface area contributed by atoms with Gasteiger partial charge in [-0.3, -0.25) is 0 Å². The van der Waals surface area contributed by atoms with Gasteiger partial charge in [-0.2, -0.15) is 0 Å². The molecule has 0 unspecified atom stereocenters. The van der Waals surface area contributed by atoms with Gasteiger partial charge in [-0.05, 0) is 67.6 Å². The van der Waals surface area contributed by atoms with Crippen molar-refractivity contribution < 1.29 is 9.84 Å². The van der Waals surface area contributed by atoms with Crippen LogP contribution < -0.4 is 4.74 Å². The Morgan fingerprint density at radius 3 is 2.50 bits per heavy atom. The Bertz CT molecular complexity index is 866. The SMILES string of the molecule is CCc1ccc(OCCn2c(CCCO)nc3cc(C)c(C)cc32)cc1. The molecule has 1 aromatic heterocycles. The van der Waals surface area contributed by atoms with Gasteiger partial charge in [0, 0.05) is 13.0 Å². The lowest BCUT2D eigenvalue weighted by Crippen LogP contribution is -2.12. The summed E-state index contributed by atoms with van der Waals surface area (Å²) in [6.45, 7) is 7.92. The second-order valence-electron chi connectivity index (χ2n) is 6.78. The summed E-state index contributed by atoms with van der Waals surface area (Å²) in [6.07, 6.45) is 2.53. The molecule has 0 atom stereocenters. The van der Waals surface area contributed by atoms with Gasteiger partial charge in [-0.25, -0.2) is 4.98 Å². The molecule has 26 heavy (non-hydrogen) atoms. The molecule has 0 fully saturated rings. The van der Waals surface area contributed by atoms with Crippen LogP contribution >= 0.6 is 0 Å². The highest BCUT2D eigenvalue weighted by Gasteiger charge is 2.12. The van der Waals surface area contributed by atoms with E-state index in [4.69, 9.17) is 9.72 Å². The molecule has 4 heteroatoms. The van der Waals surface area contributed by atoms with Crippen molar-refractivity contribution in [2.75, 3.05) is 13.2 Å². The number of imidazole rings is 1. The molecule has 0 aliphatic rings. The number of ether oxygens (including phenoxy) is 1. The number of hydrogen-bond acceptors (Lipinski definition) is 3. The average molecular weight is 352 g/mol. The van der Waals surface area contributed by atoms with Gasteiger partial charge in [0.1, 0.15) is 18.2 Å². The Labute approximate surface area is 155 Å². The molecule has 0 saturated carbocycles. The highest BCUT2D eigenvalue weighted by molar-refractivity contribution is 5.78. The molecule has 4 nitrogen and oxygen atoms in total. The van der Waals surface area contributed by atoms with Crippen LogP contribution in [0.5, 0.6) is 5.75 Å². The number of hydrogen-bond donors (Lipinski definition) is 1. The summed E-state index contributed by atoms with van der Waals surface area (Å²) < 4.78 is 8.18. The van der Waals surface area contributed by atoms with E-state index >= 15 is 0 Å². The van der Waals surface area contributed by atoms with Crippen molar-refractivity contribution in [2.24, 2.45) is 0 Å². The molecule has 1 N–H and O–H groups in total. The van der Waals surface area contributed by atoms with E-state index in [1.165, 1.54) is 16.7 Å². The quantitative estimate of drug-likeness (QED) is 0.660. The third-order valence-corrected chi connectivity index (χ3v) is 4.92. The van der Waals surface area contributed by atoms with Crippen LogP contribution in [-0.4, -0.2) is 27.9 Å². The Hall–Kier alpha value is -2.33. The standard InChI is InChI=1S/C22H28N2O2/c1-4-18-7-9-19(10-8-18)26-13-11-24-21-15-17(3)16(2)14-20(21)23-22(24)6-5-12-25/h7-10,14-15,25H,4-6,11-13H2,1-3H3. The minimum Gasteiger partial charge on any atom is -0.492 e. The third kappa shape index (κ3) is 4.07. The van der Waals surface area contributed by atoms with Gasteiger partial charge in [0.2, 0.25) is 0 Å². The molecule has 0 aliphatic heterocycles. The molecule has 2 aromatic carbocycles. The molecule has 3 aromatic rings. The van der Waals surface area contributed by atoms with Crippen LogP contribution in [0.25, 0.3) is 11.0 Å². The van der Waals surface area contributed by atoms with Crippen LogP contribution in [0.3, 0.4) is 0 Å². The van der Waals surface area contributed by atoms with Gasteiger partial charge in [0.15, 0.2) is 0 Å². The monoisotopic (exact) mass is 352 g/mol. The molecule has 1 heterocycles. The maximum atomic E-state index is 9.19. The smallest absolute Gasteiger partial charge is 0.119 e. The van der Waals surface area contributed by atoms with E-state index in [-0.39, 0.29) is 6.61 Å². The molecule has 0 spiro atoms. The molecule has 0 bridgehead atoms. The summed E-state index contributed by atoms with van der Waals surface area (Å²) in [6, 6.07) is 12.6. The molecule has 0 saturated heterocycles. The lowest BCUT2D eigenvalue weighted by molar-refractivity contribution is 0.283. The van der Waals surface area contributed by atoms with E-state index in [1.807, 2.05) is 12.1 Å². The maximum absolute atomic E-state index is 9.19. The first kappa shape index (κ1) is 18.5. The maximum Gasteiger partial charge on any atom is 0.119 e. The fourth-order valence-electron chi connectivity index (χ4n) is 3.18. The van der Waals surface area contributed by atoms with Crippen LogP contribution in [0.15, 0.2) is 36.4 Å². The summed E-state index contributed by atoms with van der Waals surface area (Å²) in [4.78, 5) is 4.80. The summed E-state index contributed by atoms with van der Waals surface area (Å²) in [5, 5.41) is 9.19. The number of aryl methyl sites for hydroxylation is 4. The first-order chi connectivity index (χ1) is 12.6. The van der Waals surface area contributed by atoms with Gasteiger partial charge in [0.05, 0.1) is 17.6 Å². The number of rotatable bonds is 8. The van der Waals surface area contributed by atoms with Gasteiger partial charge < -0.3 is 14.4 Å². The van der Waals surface area contributed by atoms with Crippen molar-refractivity contribution in [1.82, 2.24) is 9.55 Å². The van der Waals surface area contributed by atoms with E-state index in [2.05, 4.69) is 49.6 Å². The first-order valence-electron chi connectivity index (χ1n) is 9.41. The van der Waals surface area contributed by atoms with Gasteiger partial charge in [-0.1, -0.05) is 19.1 Å². The number of nitrogens with zero attached hydrogens (tertiary/aromatic N) is 2. The summed E-state index contributed by atoms with van der Waals surface area (Å²) in [5.74, 6) is 1.92. The number of aromatic nitrogens is 2. The van der Waals surface area contributed by atoms with Crippen molar-refractivity contribution in [2.45, 2.75) is 46.6 Å². The first-order valence-corrected chi connectivity index (χ1v) is 9.41. The predicted octanol–water partition coefficient (Wildman–Crippen LogP) is 4.22. The molecule has 0 radical (unpaired) electrons. The lowest BCUT2D eigenvalue weighted by atomic mass is 10.1. The molecule has 0 amide bonds. The lowest BCUT2D eigenvalue weighted by Gasteiger charge is -2.11. The second kappa shape index (κ2) is 8.37. The third-order valence-electron chi connectivity index (χ3n) is 4.92. The Morgan fingerprint density at radius 2 is 1.81 bits per heavy atom. The molecule has 0 aliphatic carbocycles. The van der Waals surface area contributed by atoms with E-state index in [0.717, 1.165) is 48.4 Å². The van der Waals surface area contributed by atoms with E-state index in [0.29, 0.717) is 6.61 Å². The van der Waals surface area contributed by atoms with Gasteiger partial charge >= 0.3 is 0 Å². The van der Waals surface area contributed by atoms with Crippen molar-refractivity contribution in [3.63, 3.8) is 0 Å². The predicted molar refractivity (Wildman–Crippen MR) is 106 cm³/mol. The van der Waals surface area contributed by atoms with Crippen molar-refractivity contribution in [3.05, 3.63) is 58.9 Å². The number of benzene rings is 2. The van der Waals surface area contributed by atoms with Crippen LogP contribution in [-0.2, 0) is 19.4 Å². The summed E-state index contributed by atoms with van der Waals surface area (Å²) in [7, 11) is 0. The molecular weight excluding hydrogens is 324 g/mol. The zero-order valence-electron chi connectivity index (χ0n) is 16.0. The second-order valence-corrected chi connectivity index (χ2v) is 6.78. The molecule has 3 rings (SSSR count). The van der Waals surface area contributed by atoms with Crippen LogP contribution in [0.4, 0.5) is 0 Å². The van der Waals surface area contributed by atoms with E-state index < -0.39 is 0 Å². The molecule has 138 valence electrons. The highest BCUT2D eigenvalue weighted by atomic mass is 16.5. The largest absolute Gasteiger partial charge is 0.492 e. The van der Waals surface area contributed by atoms with Crippen LogP contribution in [0.1, 0.15) is 35.9 Å². The van der Waals surface area contributed by atoms with E-state index in [9.17, 15) is 5.11 Å². The number of aliphatic hydroxyl groups is 1. The number of fused-ring (bicyclic) bond motifs is 1. The van der Waals surface area contributed by atoms with Crippen molar-refractivity contribution in [1.29, 1.82) is 0 Å². The minimum absolute atomic E-state index is 0.182. The van der Waals surface area contributed by atoms with Crippen LogP contribution in [0, 0.1) is 13.8 Å². The number of aliphatic hydroxyl groups excluding tert-OH is 1. The van der Waals surface area contributed by atoms with Crippen molar-refractivity contribution >= 4 is 11.0 Å². The van der Waals surface area contributed by atoms with E-state index in [1.54, 1.807) is 0 Å². The fraction of sp³-hybridized carbons (Fsp3) is 0.409. The highest BCUT2D eigenvalue weighted by Crippen LogP contribution is 2.22. The van der Waals surface area contributed by atoms with Gasteiger partial charge in [-0.15, -0.1) is 0 Å². The Kier molecular flexibility index (Phi) is 5.94. The summed E-state index contributed by atoms with van der Waals surface area (Å²) >= 11 is 0. The zero-order valence-corrected chi connectivity index (χ0v) is 16.0. The zero-order chi connectivity index (χ0) is 18.5. The fourth-order valence-corrected chi connectivity index (χ4v) is 3.18.